The molecule has 1 atom stereocenters. The number of carbonyl (C=O) groups excluding carboxylic acids is 3. The lowest BCUT2D eigenvalue weighted by Crippen LogP contribution is -3.11. The monoisotopic (exact) mass is 399 g/mol. The van der Waals surface area contributed by atoms with Crippen molar-refractivity contribution < 1.29 is 24.0 Å². The minimum absolute atomic E-state index is 0.0517. The first-order chi connectivity index (χ1) is 12.6. The van der Waals surface area contributed by atoms with Crippen LogP contribution >= 0.6 is 11.6 Å². The van der Waals surface area contributed by atoms with E-state index in [-0.39, 0.29) is 43.4 Å². The molecule has 0 aliphatic heterocycles. The quantitative estimate of drug-likeness (QED) is 0.535. The predicted octanol–water partition coefficient (Wildman–Crippen LogP) is -0.215. The zero-order valence-corrected chi connectivity index (χ0v) is 17.1. The van der Waals surface area contributed by atoms with E-state index in [1.54, 1.807) is 32.3 Å². The van der Waals surface area contributed by atoms with Crippen molar-refractivity contribution in [1.29, 1.82) is 0 Å². The lowest BCUT2D eigenvalue weighted by atomic mass is 10.3. The number of benzene rings is 1. The van der Waals surface area contributed by atoms with E-state index in [0.29, 0.717) is 16.5 Å². The van der Waals surface area contributed by atoms with Crippen LogP contribution in [-0.2, 0) is 14.4 Å². The first-order valence-electron chi connectivity index (χ1n) is 8.60. The number of methoxy groups -OCH3 is 1. The van der Waals surface area contributed by atoms with Gasteiger partial charge in [0.1, 0.15) is 5.75 Å². The molecule has 3 N–H and O–H groups in total. The van der Waals surface area contributed by atoms with Gasteiger partial charge in [-0.25, -0.2) is 0 Å². The molecule has 150 valence electrons. The standard InChI is InChI=1S/C18H27ClN4O4/c1-12(2)20-16(24)9-22(3)11-18(26)23(4)10-17(25)21-14-8-13(19)6-7-15(14)27-5/h6-8,12H,9-11H2,1-5H3,(H,20,24)(H,21,25)/p+1. The average molecular weight is 400 g/mol. The molecule has 0 aromatic heterocycles. The number of anilines is 1. The zero-order chi connectivity index (χ0) is 20.6. The number of amides is 3. The van der Waals surface area contributed by atoms with E-state index in [2.05, 4.69) is 10.6 Å². The fourth-order valence-corrected chi connectivity index (χ4v) is 2.55. The van der Waals surface area contributed by atoms with Crippen molar-refractivity contribution in [2.24, 2.45) is 0 Å². The number of rotatable bonds is 9. The lowest BCUT2D eigenvalue weighted by molar-refractivity contribution is -0.863. The van der Waals surface area contributed by atoms with E-state index in [9.17, 15) is 14.4 Å². The maximum atomic E-state index is 12.3. The minimum Gasteiger partial charge on any atom is -0.495 e. The van der Waals surface area contributed by atoms with Gasteiger partial charge >= 0.3 is 0 Å². The van der Waals surface area contributed by atoms with Crippen molar-refractivity contribution in [3.05, 3.63) is 23.2 Å². The second-order valence-electron chi connectivity index (χ2n) is 6.68. The number of halogens is 1. The van der Waals surface area contributed by atoms with Crippen LogP contribution in [0.1, 0.15) is 13.8 Å². The second-order valence-corrected chi connectivity index (χ2v) is 7.11. The first-order valence-corrected chi connectivity index (χ1v) is 8.98. The van der Waals surface area contributed by atoms with Crippen LogP contribution in [-0.4, -0.2) is 69.5 Å². The predicted molar refractivity (Wildman–Crippen MR) is 104 cm³/mol. The highest BCUT2D eigenvalue weighted by molar-refractivity contribution is 6.31. The van der Waals surface area contributed by atoms with Crippen LogP contribution in [0, 0.1) is 0 Å². The van der Waals surface area contributed by atoms with Gasteiger partial charge in [-0.3, -0.25) is 14.4 Å². The summed E-state index contributed by atoms with van der Waals surface area (Å²) in [6.45, 7) is 3.92. The number of quaternary nitrogens is 1. The third kappa shape index (κ3) is 8.27. The largest absolute Gasteiger partial charge is 0.495 e. The molecule has 3 amide bonds. The molecular formula is C18H28ClN4O4+. The van der Waals surface area contributed by atoms with E-state index in [1.165, 1.54) is 12.0 Å². The Balaban J connectivity index is 2.53. The van der Waals surface area contributed by atoms with Crippen LogP contribution in [0.25, 0.3) is 0 Å². The third-order valence-electron chi connectivity index (χ3n) is 3.61. The highest BCUT2D eigenvalue weighted by atomic mass is 35.5. The van der Waals surface area contributed by atoms with Gasteiger partial charge in [0.15, 0.2) is 13.1 Å². The number of hydrogen-bond acceptors (Lipinski definition) is 4. The molecule has 0 saturated carbocycles. The number of ether oxygens (including phenoxy) is 1. The number of nitrogens with one attached hydrogen (secondary N) is 3. The van der Waals surface area contributed by atoms with Crippen molar-refractivity contribution >= 4 is 35.0 Å². The molecule has 1 aromatic carbocycles. The van der Waals surface area contributed by atoms with Crippen LogP contribution in [0.3, 0.4) is 0 Å². The highest BCUT2D eigenvalue weighted by Crippen LogP contribution is 2.27. The molecular weight excluding hydrogens is 372 g/mol. The van der Waals surface area contributed by atoms with E-state index in [0.717, 1.165) is 4.90 Å². The number of carbonyl (C=O) groups is 3. The highest BCUT2D eigenvalue weighted by Gasteiger charge is 2.20. The summed E-state index contributed by atoms with van der Waals surface area (Å²) < 4.78 is 5.18. The van der Waals surface area contributed by atoms with Gasteiger partial charge in [-0.1, -0.05) is 11.6 Å². The molecule has 0 saturated heterocycles. The molecule has 27 heavy (non-hydrogen) atoms. The topological polar surface area (TPSA) is 92.2 Å². The second kappa shape index (κ2) is 10.7. The van der Waals surface area contributed by atoms with Gasteiger partial charge in [0.25, 0.3) is 11.8 Å². The van der Waals surface area contributed by atoms with Crippen molar-refractivity contribution in [2.75, 3.05) is 46.2 Å². The summed E-state index contributed by atoms with van der Waals surface area (Å²) in [5.74, 6) is -0.259. The smallest absolute Gasteiger partial charge is 0.277 e. The molecule has 8 nitrogen and oxygen atoms in total. The van der Waals surface area contributed by atoms with E-state index < -0.39 is 0 Å². The number of hydrogen-bond donors (Lipinski definition) is 3. The Labute approximate surface area is 164 Å². The molecule has 0 spiro atoms. The molecule has 0 heterocycles. The molecule has 0 aliphatic rings. The molecule has 0 bridgehead atoms. The minimum atomic E-state index is -0.373. The summed E-state index contributed by atoms with van der Waals surface area (Å²) in [5, 5.41) is 5.92. The Morgan fingerprint density at radius 2 is 1.89 bits per heavy atom. The van der Waals surface area contributed by atoms with Crippen molar-refractivity contribution in [3.63, 3.8) is 0 Å². The molecule has 0 aliphatic carbocycles. The van der Waals surface area contributed by atoms with Gasteiger partial charge in [0.05, 0.1) is 26.4 Å². The Bertz CT molecular complexity index is 681. The average Bonchev–Trinajstić information content (AvgIpc) is 2.53. The zero-order valence-electron chi connectivity index (χ0n) is 16.4. The molecule has 0 radical (unpaired) electrons. The van der Waals surface area contributed by atoms with E-state index >= 15 is 0 Å². The summed E-state index contributed by atoms with van der Waals surface area (Å²) in [6, 6.07) is 4.93. The van der Waals surface area contributed by atoms with Crippen LogP contribution in [0.4, 0.5) is 5.69 Å². The van der Waals surface area contributed by atoms with Gasteiger partial charge in [-0.15, -0.1) is 0 Å². The van der Waals surface area contributed by atoms with Crippen molar-refractivity contribution in [2.45, 2.75) is 19.9 Å². The molecule has 1 aromatic rings. The van der Waals surface area contributed by atoms with Gasteiger partial charge in [-0.05, 0) is 32.0 Å². The van der Waals surface area contributed by atoms with Crippen molar-refractivity contribution in [1.82, 2.24) is 10.2 Å². The lowest BCUT2D eigenvalue weighted by Gasteiger charge is -2.20. The Morgan fingerprint density at radius 1 is 1.22 bits per heavy atom. The molecule has 1 unspecified atom stereocenters. The Hall–Kier alpha value is -2.32. The molecule has 1 rings (SSSR count). The van der Waals surface area contributed by atoms with Crippen molar-refractivity contribution in [3.8, 4) is 5.75 Å². The Morgan fingerprint density at radius 3 is 2.48 bits per heavy atom. The summed E-state index contributed by atoms with van der Waals surface area (Å²) in [6.07, 6.45) is 0. The summed E-state index contributed by atoms with van der Waals surface area (Å²) in [7, 11) is 4.78. The molecule has 9 heteroatoms. The summed E-state index contributed by atoms with van der Waals surface area (Å²) in [5.41, 5.74) is 0.434. The summed E-state index contributed by atoms with van der Waals surface area (Å²) >= 11 is 5.94. The van der Waals surface area contributed by atoms with Gasteiger partial charge in [0.2, 0.25) is 5.91 Å². The van der Waals surface area contributed by atoms with Crippen LogP contribution in [0.2, 0.25) is 5.02 Å². The van der Waals surface area contributed by atoms with Gasteiger partial charge in [-0.2, -0.15) is 0 Å². The molecule has 0 fully saturated rings. The maximum absolute atomic E-state index is 12.3. The fourth-order valence-electron chi connectivity index (χ4n) is 2.37. The van der Waals surface area contributed by atoms with E-state index in [1.807, 2.05) is 13.8 Å². The van der Waals surface area contributed by atoms with Crippen LogP contribution < -0.4 is 20.3 Å². The maximum Gasteiger partial charge on any atom is 0.277 e. The van der Waals surface area contributed by atoms with Crippen LogP contribution in [0.15, 0.2) is 18.2 Å². The fraction of sp³-hybridized carbons (Fsp3) is 0.500. The number of nitrogens with zero attached hydrogens (tertiary/aromatic N) is 1. The Kier molecular flexibility index (Phi) is 9.04. The van der Waals surface area contributed by atoms with Crippen LogP contribution in [0.5, 0.6) is 5.75 Å². The summed E-state index contributed by atoms with van der Waals surface area (Å²) in [4.78, 5) is 38.3. The SMILES string of the molecule is COc1ccc(Cl)cc1NC(=O)CN(C)C(=O)C[NH+](C)CC(=O)NC(C)C. The number of likely N-dealkylation sites (N-methyl/N-ethyl adjacent to an activating group) is 2. The third-order valence-corrected chi connectivity index (χ3v) is 3.84. The normalized spacial score (nSPS) is 11.7. The van der Waals surface area contributed by atoms with Gasteiger partial charge < -0.3 is 25.2 Å². The first kappa shape index (κ1) is 22.7. The van der Waals surface area contributed by atoms with Gasteiger partial charge in [0, 0.05) is 18.1 Å². The van der Waals surface area contributed by atoms with E-state index in [4.69, 9.17) is 16.3 Å².